The first kappa shape index (κ1) is 27.3. The number of hydrogen-bond donors (Lipinski definition) is 3. The molecule has 0 spiro atoms. The van der Waals surface area contributed by atoms with Crippen molar-refractivity contribution >= 4 is 29.9 Å². The maximum Gasteiger partial charge on any atom is 0.191 e. The Morgan fingerprint density at radius 1 is 1.06 bits per heavy atom. The summed E-state index contributed by atoms with van der Waals surface area (Å²) in [6.07, 6.45) is 1.75. The summed E-state index contributed by atoms with van der Waals surface area (Å²) in [5.41, 5.74) is 1.19. The number of hydrogen-bond acceptors (Lipinski definition) is 4. The van der Waals surface area contributed by atoms with Crippen LogP contribution in [0.25, 0.3) is 0 Å². The molecule has 1 heterocycles. The highest BCUT2D eigenvalue weighted by atomic mass is 127. The standard InChI is InChI=1S/C25H35FN4O2.HI/c1-19(32-23-11-9-22(26)10-12-23)17-28-24(27-3)29-18-25(13-15-31-16-14-25)30-20(2)21-7-5-4-6-8-21;/h4-12,19-20,30H,13-18H2,1-3H3,(H2,27,28,29);1H. The van der Waals surface area contributed by atoms with Crippen molar-refractivity contribution in [3.63, 3.8) is 0 Å². The van der Waals surface area contributed by atoms with Crippen LogP contribution in [0.1, 0.15) is 38.3 Å². The maximum absolute atomic E-state index is 13.1. The van der Waals surface area contributed by atoms with Gasteiger partial charge in [0, 0.05) is 38.4 Å². The van der Waals surface area contributed by atoms with Crippen LogP contribution in [0, 0.1) is 5.82 Å². The van der Waals surface area contributed by atoms with Gasteiger partial charge >= 0.3 is 0 Å². The Morgan fingerprint density at radius 2 is 1.73 bits per heavy atom. The minimum absolute atomic E-state index is 0. The first-order valence-electron chi connectivity index (χ1n) is 11.3. The predicted octanol–water partition coefficient (Wildman–Crippen LogP) is 4.28. The highest BCUT2D eigenvalue weighted by Crippen LogP contribution is 2.25. The zero-order chi connectivity index (χ0) is 22.8. The van der Waals surface area contributed by atoms with Crippen molar-refractivity contribution in [3.05, 3.63) is 66.0 Å². The lowest BCUT2D eigenvalue weighted by Gasteiger charge is -2.41. The average molecular weight is 570 g/mol. The molecule has 2 aromatic rings. The molecule has 0 aliphatic carbocycles. The van der Waals surface area contributed by atoms with Crippen molar-refractivity contribution in [1.29, 1.82) is 0 Å². The number of rotatable bonds is 9. The Balaban J connectivity index is 0.00000385. The Hall–Kier alpha value is -1.91. The van der Waals surface area contributed by atoms with E-state index >= 15 is 0 Å². The highest BCUT2D eigenvalue weighted by Gasteiger charge is 2.34. The molecule has 1 saturated heterocycles. The number of ether oxygens (including phenoxy) is 2. The first-order valence-corrected chi connectivity index (χ1v) is 11.3. The molecule has 0 saturated carbocycles. The van der Waals surface area contributed by atoms with E-state index in [-0.39, 0.29) is 47.5 Å². The topological polar surface area (TPSA) is 66.9 Å². The molecule has 0 amide bonds. The molecule has 2 aromatic carbocycles. The minimum atomic E-state index is -0.273. The van der Waals surface area contributed by atoms with Gasteiger partial charge in [0.2, 0.25) is 0 Å². The molecule has 2 unspecified atom stereocenters. The summed E-state index contributed by atoms with van der Waals surface area (Å²) in [5.74, 6) is 1.09. The van der Waals surface area contributed by atoms with Gasteiger partial charge < -0.3 is 25.4 Å². The monoisotopic (exact) mass is 570 g/mol. The first-order chi connectivity index (χ1) is 15.5. The number of nitrogens with one attached hydrogen (secondary N) is 3. The SMILES string of the molecule is CN=C(NCC(C)Oc1ccc(F)cc1)NCC1(NC(C)c2ccccc2)CCOCC1.I. The Kier molecular flexibility index (Phi) is 11.4. The fraction of sp³-hybridized carbons (Fsp3) is 0.480. The van der Waals surface area contributed by atoms with Crippen LogP contribution in [-0.4, -0.2) is 51.0 Å². The van der Waals surface area contributed by atoms with Crippen LogP contribution < -0.4 is 20.7 Å². The van der Waals surface area contributed by atoms with Crippen LogP contribution in [-0.2, 0) is 4.74 Å². The summed E-state index contributed by atoms with van der Waals surface area (Å²) in [6.45, 7) is 6.96. The van der Waals surface area contributed by atoms with Gasteiger partial charge in [-0.15, -0.1) is 24.0 Å². The van der Waals surface area contributed by atoms with Crippen molar-refractivity contribution in [2.24, 2.45) is 4.99 Å². The molecular formula is C25H36FIN4O2. The largest absolute Gasteiger partial charge is 0.489 e. The lowest BCUT2D eigenvalue weighted by molar-refractivity contribution is 0.0354. The van der Waals surface area contributed by atoms with E-state index in [4.69, 9.17) is 9.47 Å². The maximum atomic E-state index is 13.1. The Morgan fingerprint density at radius 3 is 2.36 bits per heavy atom. The number of guanidine groups is 1. The van der Waals surface area contributed by atoms with Gasteiger partial charge in [0.05, 0.1) is 6.54 Å². The number of benzene rings is 2. The second-order valence-corrected chi connectivity index (χ2v) is 8.36. The molecule has 3 N–H and O–H groups in total. The minimum Gasteiger partial charge on any atom is -0.489 e. The van der Waals surface area contributed by atoms with Crippen molar-refractivity contribution in [2.45, 2.75) is 44.4 Å². The second kappa shape index (κ2) is 13.7. The van der Waals surface area contributed by atoms with Gasteiger partial charge in [-0.05, 0) is 56.5 Å². The summed E-state index contributed by atoms with van der Waals surface area (Å²) < 4.78 is 24.5. The molecule has 6 nitrogen and oxygen atoms in total. The Labute approximate surface area is 213 Å². The van der Waals surface area contributed by atoms with E-state index in [1.165, 1.54) is 17.7 Å². The van der Waals surface area contributed by atoms with Crippen LogP contribution in [0.4, 0.5) is 4.39 Å². The molecule has 1 aliphatic heterocycles. The van der Waals surface area contributed by atoms with Crippen molar-refractivity contribution in [2.75, 3.05) is 33.4 Å². The van der Waals surface area contributed by atoms with Crippen molar-refractivity contribution in [3.8, 4) is 5.75 Å². The van der Waals surface area contributed by atoms with Gasteiger partial charge in [0.25, 0.3) is 0 Å². The third-order valence-electron chi connectivity index (χ3n) is 5.80. The fourth-order valence-corrected chi connectivity index (χ4v) is 3.92. The summed E-state index contributed by atoms with van der Waals surface area (Å²) in [7, 11) is 1.76. The van der Waals surface area contributed by atoms with Gasteiger partial charge in [0.15, 0.2) is 5.96 Å². The van der Waals surface area contributed by atoms with E-state index in [1.807, 2.05) is 13.0 Å². The molecule has 0 radical (unpaired) electrons. The van der Waals surface area contributed by atoms with E-state index in [1.54, 1.807) is 19.2 Å². The number of halogens is 2. The van der Waals surface area contributed by atoms with Crippen LogP contribution in [0.5, 0.6) is 5.75 Å². The summed E-state index contributed by atoms with van der Waals surface area (Å²) >= 11 is 0. The van der Waals surface area contributed by atoms with Crippen LogP contribution >= 0.6 is 24.0 Å². The van der Waals surface area contributed by atoms with E-state index in [9.17, 15) is 4.39 Å². The molecule has 1 aliphatic rings. The number of aliphatic imine (C=N–C) groups is 1. The molecule has 8 heteroatoms. The van der Waals surface area contributed by atoms with E-state index in [0.29, 0.717) is 12.3 Å². The molecule has 1 fully saturated rings. The van der Waals surface area contributed by atoms with E-state index in [2.05, 4.69) is 52.1 Å². The van der Waals surface area contributed by atoms with Crippen molar-refractivity contribution < 1.29 is 13.9 Å². The van der Waals surface area contributed by atoms with E-state index < -0.39 is 0 Å². The average Bonchev–Trinajstić information content (AvgIpc) is 2.82. The third-order valence-corrected chi connectivity index (χ3v) is 5.80. The summed E-state index contributed by atoms with van der Waals surface area (Å²) in [5, 5.41) is 10.7. The Bertz CT molecular complexity index is 845. The number of nitrogens with zero attached hydrogens (tertiary/aromatic N) is 1. The lowest BCUT2D eigenvalue weighted by Crippen LogP contribution is -2.58. The summed E-state index contributed by atoms with van der Waals surface area (Å²) in [4.78, 5) is 4.36. The van der Waals surface area contributed by atoms with Gasteiger partial charge in [0.1, 0.15) is 17.7 Å². The van der Waals surface area contributed by atoms with Gasteiger partial charge in [-0.2, -0.15) is 0 Å². The second-order valence-electron chi connectivity index (χ2n) is 8.36. The molecule has 2 atom stereocenters. The molecule has 3 rings (SSSR count). The molecule has 0 bridgehead atoms. The van der Waals surface area contributed by atoms with Crippen LogP contribution in [0.15, 0.2) is 59.6 Å². The normalized spacial score (nSPS) is 17.4. The molecule has 0 aromatic heterocycles. The smallest absolute Gasteiger partial charge is 0.191 e. The molecular weight excluding hydrogens is 534 g/mol. The van der Waals surface area contributed by atoms with Crippen molar-refractivity contribution in [1.82, 2.24) is 16.0 Å². The fourth-order valence-electron chi connectivity index (χ4n) is 3.92. The zero-order valence-corrected chi connectivity index (χ0v) is 22.0. The quantitative estimate of drug-likeness (QED) is 0.239. The van der Waals surface area contributed by atoms with Gasteiger partial charge in [-0.25, -0.2) is 4.39 Å². The zero-order valence-electron chi connectivity index (χ0n) is 19.6. The van der Waals surface area contributed by atoms with Gasteiger partial charge in [-0.3, -0.25) is 4.99 Å². The highest BCUT2D eigenvalue weighted by molar-refractivity contribution is 14.0. The predicted molar refractivity (Wildman–Crippen MR) is 142 cm³/mol. The van der Waals surface area contributed by atoms with E-state index in [0.717, 1.165) is 38.6 Å². The lowest BCUT2D eigenvalue weighted by atomic mass is 9.88. The third kappa shape index (κ3) is 8.75. The van der Waals surface area contributed by atoms with Crippen LogP contribution in [0.2, 0.25) is 0 Å². The molecule has 33 heavy (non-hydrogen) atoms. The molecule has 182 valence electrons. The van der Waals surface area contributed by atoms with Crippen LogP contribution in [0.3, 0.4) is 0 Å². The summed E-state index contributed by atoms with van der Waals surface area (Å²) in [6, 6.07) is 16.8. The van der Waals surface area contributed by atoms with Gasteiger partial charge in [-0.1, -0.05) is 30.3 Å².